The highest BCUT2D eigenvalue weighted by molar-refractivity contribution is 8.22. The summed E-state index contributed by atoms with van der Waals surface area (Å²) in [5, 5.41) is 3.89. The van der Waals surface area contributed by atoms with Gasteiger partial charge in [0.25, 0.3) is 0 Å². The minimum Gasteiger partial charge on any atom is -0.469 e. The van der Waals surface area contributed by atoms with Crippen molar-refractivity contribution >= 4 is 40.0 Å². The molecule has 0 atom stereocenters. The molecule has 0 aliphatic carbocycles. The number of hydrazone groups is 1. The van der Waals surface area contributed by atoms with Crippen LogP contribution in [-0.2, 0) is 9.53 Å². The number of thioether (sulfide) groups is 1. The van der Waals surface area contributed by atoms with Crippen LogP contribution in [0, 0.1) is 0 Å². The Hall–Kier alpha value is -0.620. The molecule has 0 aliphatic heterocycles. The quantitative estimate of drug-likeness (QED) is 0.335. The topological polar surface area (TPSA) is 50.7 Å². The third kappa shape index (κ3) is 6.53. The van der Waals surface area contributed by atoms with Crippen molar-refractivity contribution in [2.24, 2.45) is 5.10 Å². The molecular weight excluding hydrogens is 208 g/mol. The number of rotatable bonds is 3. The number of nitrogens with zero attached hydrogens (tertiary/aromatic N) is 1. The standard InChI is InChI=1S/C7H12N2O2S2/c1-5(4-6(10)11-2)8-9-7(12)13-3/h4H2,1-3H3,(H,9,12)/b8-5+. The smallest absolute Gasteiger partial charge is 0.311 e. The maximum atomic E-state index is 10.8. The molecule has 0 amide bonds. The minimum atomic E-state index is -0.307. The van der Waals surface area contributed by atoms with Gasteiger partial charge in [0.15, 0.2) is 4.32 Å². The number of carbonyl (C=O) groups is 1. The maximum absolute atomic E-state index is 10.8. The summed E-state index contributed by atoms with van der Waals surface area (Å²) in [6, 6.07) is 0. The van der Waals surface area contributed by atoms with E-state index in [-0.39, 0.29) is 12.4 Å². The van der Waals surface area contributed by atoms with Crippen molar-refractivity contribution in [3.8, 4) is 0 Å². The van der Waals surface area contributed by atoms with Crippen molar-refractivity contribution in [3.63, 3.8) is 0 Å². The molecule has 0 radical (unpaired) electrons. The van der Waals surface area contributed by atoms with Crippen molar-refractivity contribution < 1.29 is 9.53 Å². The largest absolute Gasteiger partial charge is 0.469 e. The SMILES string of the molecule is COC(=O)C/C(C)=N/NC(=S)SC. The van der Waals surface area contributed by atoms with Crippen molar-refractivity contribution in [1.82, 2.24) is 5.43 Å². The number of ether oxygens (including phenoxy) is 1. The number of thiocarbonyl (C=S) groups is 1. The number of esters is 1. The van der Waals surface area contributed by atoms with E-state index in [1.54, 1.807) is 6.92 Å². The molecule has 0 saturated heterocycles. The van der Waals surface area contributed by atoms with Crippen LogP contribution in [0.25, 0.3) is 0 Å². The van der Waals surface area contributed by atoms with Crippen LogP contribution in [0.5, 0.6) is 0 Å². The lowest BCUT2D eigenvalue weighted by Crippen LogP contribution is -2.15. The molecule has 0 spiro atoms. The molecule has 0 aromatic carbocycles. The van der Waals surface area contributed by atoms with Gasteiger partial charge in [-0.15, -0.1) is 0 Å². The van der Waals surface area contributed by atoms with Gasteiger partial charge in [0.1, 0.15) is 0 Å². The molecule has 74 valence electrons. The van der Waals surface area contributed by atoms with Crippen molar-refractivity contribution in [1.29, 1.82) is 0 Å². The van der Waals surface area contributed by atoms with Crippen LogP contribution in [-0.4, -0.2) is 29.4 Å². The number of carbonyl (C=O) groups excluding carboxylic acids is 1. The van der Waals surface area contributed by atoms with Gasteiger partial charge in [0.05, 0.1) is 13.5 Å². The summed E-state index contributed by atoms with van der Waals surface area (Å²) in [5.41, 5.74) is 3.28. The zero-order valence-electron chi connectivity index (χ0n) is 7.79. The fraction of sp³-hybridized carbons (Fsp3) is 0.571. The zero-order chi connectivity index (χ0) is 10.3. The van der Waals surface area contributed by atoms with Crippen LogP contribution < -0.4 is 5.43 Å². The molecule has 0 saturated carbocycles. The van der Waals surface area contributed by atoms with Crippen LogP contribution in [0.1, 0.15) is 13.3 Å². The van der Waals surface area contributed by atoms with Crippen molar-refractivity contribution in [2.75, 3.05) is 13.4 Å². The number of nitrogens with one attached hydrogen (secondary N) is 1. The van der Waals surface area contributed by atoms with Crippen LogP contribution in [0.4, 0.5) is 0 Å². The fourth-order valence-corrected chi connectivity index (χ4v) is 0.690. The first-order chi connectivity index (χ1) is 6.10. The molecule has 0 aromatic rings. The first-order valence-corrected chi connectivity index (χ1v) is 5.17. The van der Waals surface area contributed by atoms with E-state index in [1.165, 1.54) is 18.9 Å². The van der Waals surface area contributed by atoms with Crippen molar-refractivity contribution in [2.45, 2.75) is 13.3 Å². The first kappa shape index (κ1) is 12.4. The van der Waals surface area contributed by atoms with Gasteiger partial charge in [-0.25, -0.2) is 0 Å². The number of hydrogen-bond acceptors (Lipinski definition) is 5. The summed E-state index contributed by atoms with van der Waals surface area (Å²) < 4.78 is 5.04. The highest BCUT2D eigenvalue weighted by Crippen LogP contribution is 1.94. The minimum absolute atomic E-state index is 0.181. The Morgan fingerprint density at radius 3 is 2.77 bits per heavy atom. The number of hydrogen-bond donors (Lipinski definition) is 1. The molecule has 0 heterocycles. The van der Waals surface area contributed by atoms with E-state index in [0.717, 1.165) is 0 Å². The Balaban J connectivity index is 3.88. The Morgan fingerprint density at radius 2 is 2.31 bits per heavy atom. The molecule has 0 aromatic heterocycles. The van der Waals surface area contributed by atoms with E-state index in [9.17, 15) is 4.79 Å². The number of methoxy groups -OCH3 is 1. The predicted octanol–water partition coefficient (Wildman–Crippen LogP) is 1.16. The summed E-state index contributed by atoms with van der Waals surface area (Å²) in [5.74, 6) is -0.307. The zero-order valence-corrected chi connectivity index (χ0v) is 9.42. The monoisotopic (exact) mass is 220 g/mol. The molecule has 4 nitrogen and oxygen atoms in total. The van der Waals surface area contributed by atoms with E-state index in [1.807, 2.05) is 6.26 Å². The van der Waals surface area contributed by atoms with E-state index < -0.39 is 0 Å². The molecule has 0 aliphatic rings. The van der Waals surface area contributed by atoms with Gasteiger partial charge in [-0.2, -0.15) is 5.10 Å². The normalized spacial score (nSPS) is 10.8. The lowest BCUT2D eigenvalue weighted by atomic mass is 10.3. The van der Waals surface area contributed by atoms with E-state index in [0.29, 0.717) is 10.0 Å². The lowest BCUT2D eigenvalue weighted by molar-refractivity contribution is -0.139. The second-order valence-corrected chi connectivity index (χ2v) is 3.69. The van der Waals surface area contributed by atoms with Crippen LogP contribution >= 0.6 is 24.0 Å². The van der Waals surface area contributed by atoms with Crippen LogP contribution in [0.3, 0.4) is 0 Å². The van der Waals surface area contributed by atoms with Crippen molar-refractivity contribution in [3.05, 3.63) is 0 Å². The predicted molar refractivity (Wildman–Crippen MR) is 59.0 cm³/mol. The van der Waals surface area contributed by atoms with E-state index >= 15 is 0 Å². The molecule has 0 unspecified atom stereocenters. The molecular formula is C7H12N2O2S2. The van der Waals surface area contributed by atoms with Crippen LogP contribution in [0.15, 0.2) is 5.10 Å². The van der Waals surface area contributed by atoms with Gasteiger partial charge in [-0.1, -0.05) is 24.0 Å². The molecule has 13 heavy (non-hydrogen) atoms. The third-order valence-electron chi connectivity index (χ3n) is 1.15. The van der Waals surface area contributed by atoms with Gasteiger partial charge in [0.2, 0.25) is 0 Å². The van der Waals surface area contributed by atoms with Crippen LogP contribution in [0.2, 0.25) is 0 Å². The summed E-state index contributed by atoms with van der Waals surface area (Å²) in [7, 11) is 1.34. The molecule has 0 fully saturated rings. The first-order valence-electron chi connectivity index (χ1n) is 3.54. The van der Waals surface area contributed by atoms with Gasteiger partial charge < -0.3 is 4.74 Å². The molecule has 1 N–H and O–H groups in total. The van der Waals surface area contributed by atoms with Gasteiger partial charge in [-0.05, 0) is 13.2 Å². The van der Waals surface area contributed by atoms with Gasteiger partial charge in [-0.3, -0.25) is 10.2 Å². The summed E-state index contributed by atoms with van der Waals surface area (Å²) in [6.45, 7) is 1.73. The average molecular weight is 220 g/mol. The molecule has 0 bridgehead atoms. The summed E-state index contributed by atoms with van der Waals surface area (Å²) >= 11 is 6.23. The fourth-order valence-electron chi connectivity index (χ4n) is 0.507. The maximum Gasteiger partial charge on any atom is 0.311 e. The van der Waals surface area contributed by atoms with E-state index in [2.05, 4.69) is 15.3 Å². The third-order valence-corrected chi connectivity index (χ3v) is 2.20. The van der Waals surface area contributed by atoms with E-state index in [4.69, 9.17) is 12.2 Å². The second-order valence-electron chi connectivity index (χ2n) is 2.20. The molecule has 0 rings (SSSR count). The Morgan fingerprint density at radius 1 is 1.69 bits per heavy atom. The summed E-state index contributed by atoms with van der Waals surface area (Å²) in [4.78, 5) is 10.8. The second kappa shape index (κ2) is 6.85. The highest BCUT2D eigenvalue weighted by atomic mass is 32.2. The summed E-state index contributed by atoms with van der Waals surface area (Å²) in [6.07, 6.45) is 2.03. The molecule has 6 heteroatoms. The average Bonchev–Trinajstić information content (AvgIpc) is 2.13. The Bertz CT molecular complexity index is 229. The highest BCUT2D eigenvalue weighted by Gasteiger charge is 2.02. The van der Waals surface area contributed by atoms with Gasteiger partial charge >= 0.3 is 5.97 Å². The Kier molecular flexibility index (Phi) is 6.52. The lowest BCUT2D eigenvalue weighted by Gasteiger charge is -2.01. The Labute approximate surface area is 87.1 Å². The van der Waals surface area contributed by atoms with Gasteiger partial charge in [0, 0.05) is 5.71 Å².